The number of hydrogen-bond donors (Lipinski definition) is 4. The van der Waals surface area contributed by atoms with Crippen molar-refractivity contribution in [1.82, 2.24) is 25.7 Å². The Bertz CT molecular complexity index is 1510. The van der Waals surface area contributed by atoms with Crippen LogP contribution in [0, 0.1) is 0 Å². The highest BCUT2D eigenvalue weighted by Crippen LogP contribution is 2.25. The normalized spacial score (nSPS) is 12.1. The molecule has 0 fully saturated rings. The Morgan fingerprint density at radius 3 is 2.64 bits per heavy atom. The van der Waals surface area contributed by atoms with Crippen LogP contribution < -0.4 is 10.7 Å². The van der Waals surface area contributed by atoms with Gasteiger partial charge in [-0.1, -0.05) is 54.6 Å². The maximum atomic E-state index is 12.9. The van der Waals surface area contributed by atoms with Crippen LogP contribution in [0.15, 0.2) is 90.4 Å². The predicted molar refractivity (Wildman–Crippen MR) is 137 cm³/mol. The number of carbonyl (C=O) groups excluding carboxylic acids is 2. The van der Waals surface area contributed by atoms with Crippen molar-refractivity contribution in [3.63, 3.8) is 0 Å². The van der Waals surface area contributed by atoms with Crippen LogP contribution in [0.25, 0.3) is 21.8 Å². The SMILES string of the molecule is O=C(N[C@@H](Cc1cnc[nH]1)C(=O)N/N=C\c1ccc2[nH]c3ccccc3c2c1)OCc1ccccc1. The number of ether oxygens (including phenoxy) is 1. The number of alkyl carbamates (subject to hydrolysis) is 1. The van der Waals surface area contributed by atoms with E-state index in [0.29, 0.717) is 5.69 Å². The fourth-order valence-electron chi connectivity index (χ4n) is 3.93. The number of amides is 2. The van der Waals surface area contributed by atoms with Gasteiger partial charge in [-0.2, -0.15) is 5.10 Å². The number of benzene rings is 3. The van der Waals surface area contributed by atoms with Crippen LogP contribution in [-0.4, -0.2) is 39.2 Å². The van der Waals surface area contributed by atoms with Gasteiger partial charge in [0.05, 0.1) is 12.5 Å². The summed E-state index contributed by atoms with van der Waals surface area (Å²) in [4.78, 5) is 35.6. The molecular weight excluding hydrogens is 456 g/mol. The molecule has 9 nitrogen and oxygen atoms in total. The topological polar surface area (TPSA) is 124 Å². The van der Waals surface area contributed by atoms with Crippen LogP contribution in [0.2, 0.25) is 0 Å². The number of nitrogens with one attached hydrogen (secondary N) is 4. The number of carbonyl (C=O) groups is 2. The second-order valence-electron chi connectivity index (χ2n) is 8.25. The van der Waals surface area contributed by atoms with Crippen molar-refractivity contribution < 1.29 is 14.3 Å². The number of hydrazone groups is 1. The molecular formula is C27H24N6O3. The molecule has 36 heavy (non-hydrogen) atoms. The molecule has 2 heterocycles. The van der Waals surface area contributed by atoms with Crippen molar-refractivity contribution >= 4 is 40.0 Å². The molecule has 0 saturated heterocycles. The summed E-state index contributed by atoms with van der Waals surface area (Å²) in [6.45, 7) is 0.0968. The van der Waals surface area contributed by atoms with Gasteiger partial charge in [0, 0.05) is 40.1 Å². The molecule has 0 spiro atoms. The molecule has 1 atom stereocenters. The maximum Gasteiger partial charge on any atom is 0.408 e. The van der Waals surface area contributed by atoms with Gasteiger partial charge in [-0.3, -0.25) is 4.79 Å². The van der Waals surface area contributed by atoms with E-state index in [4.69, 9.17) is 4.74 Å². The van der Waals surface area contributed by atoms with E-state index in [1.807, 2.05) is 66.7 Å². The molecule has 3 aromatic carbocycles. The summed E-state index contributed by atoms with van der Waals surface area (Å²) in [5.41, 5.74) is 6.96. The van der Waals surface area contributed by atoms with E-state index in [2.05, 4.69) is 36.9 Å². The molecule has 0 bridgehead atoms. The fraction of sp³-hybridized carbons (Fsp3) is 0.111. The van der Waals surface area contributed by atoms with Gasteiger partial charge in [0.25, 0.3) is 5.91 Å². The van der Waals surface area contributed by atoms with Crippen molar-refractivity contribution in [3.05, 3.63) is 102 Å². The van der Waals surface area contributed by atoms with E-state index in [0.717, 1.165) is 32.9 Å². The molecule has 5 rings (SSSR count). The van der Waals surface area contributed by atoms with E-state index >= 15 is 0 Å². The third-order valence-electron chi connectivity index (χ3n) is 5.72. The first-order valence-corrected chi connectivity index (χ1v) is 11.4. The van der Waals surface area contributed by atoms with Crippen molar-refractivity contribution in [2.24, 2.45) is 5.10 Å². The average Bonchev–Trinajstić information content (AvgIpc) is 3.55. The summed E-state index contributed by atoms with van der Waals surface area (Å²) >= 11 is 0. The lowest BCUT2D eigenvalue weighted by atomic mass is 10.1. The number of nitrogens with zero attached hydrogens (tertiary/aromatic N) is 2. The molecule has 5 aromatic rings. The van der Waals surface area contributed by atoms with E-state index in [1.165, 1.54) is 6.33 Å². The fourth-order valence-corrected chi connectivity index (χ4v) is 3.93. The zero-order chi connectivity index (χ0) is 24.7. The first-order valence-electron chi connectivity index (χ1n) is 11.4. The molecule has 0 aliphatic heterocycles. The number of hydrogen-bond acceptors (Lipinski definition) is 5. The zero-order valence-electron chi connectivity index (χ0n) is 19.3. The second-order valence-corrected chi connectivity index (χ2v) is 8.25. The molecule has 0 radical (unpaired) electrons. The quantitative estimate of drug-likeness (QED) is 0.198. The maximum absolute atomic E-state index is 12.9. The van der Waals surface area contributed by atoms with Gasteiger partial charge in [-0.05, 0) is 29.3 Å². The van der Waals surface area contributed by atoms with E-state index in [-0.39, 0.29) is 13.0 Å². The first kappa shape index (κ1) is 22.9. The van der Waals surface area contributed by atoms with Crippen LogP contribution in [0.3, 0.4) is 0 Å². The molecule has 2 amide bonds. The van der Waals surface area contributed by atoms with Gasteiger partial charge in [0.15, 0.2) is 0 Å². The largest absolute Gasteiger partial charge is 0.445 e. The summed E-state index contributed by atoms with van der Waals surface area (Å²) in [7, 11) is 0. The minimum atomic E-state index is -0.915. The highest BCUT2D eigenvalue weighted by atomic mass is 16.5. The lowest BCUT2D eigenvalue weighted by Crippen LogP contribution is -2.47. The molecule has 0 unspecified atom stereocenters. The molecule has 2 aromatic heterocycles. The number of aromatic amines is 2. The summed E-state index contributed by atoms with van der Waals surface area (Å²) in [5.74, 6) is -0.481. The van der Waals surface area contributed by atoms with Gasteiger partial charge in [0.2, 0.25) is 0 Å². The average molecular weight is 481 g/mol. The van der Waals surface area contributed by atoms with Gasteiger partial charge < -0.3 is 20.0 Å². The molecule has 0 saturated carbocycles. The third kappa shape index (κ3) is 5.41. The Hall–Kier alpha value is -4.92. The van der Waals surface area contributed by atoms with Crippen LogP contribution in [-0.2, 0) is 22.6 Å². The number of para-hydroxylation sites is 1. The van der Waals surface area contributed by atoms with Crippen molar-refractivity contribution in [3.8, 4) is 0 Å². The first-order chi connectivity index (χ1) is 17.7. The number of fused-ring (bicyclic) bond motifs is 3. The smallest absolute Gasteiger partial charge is 0.408 e. The minimum absolute atomic E-state index is 0.0968. The van der Waals surface area contributed by atoms with Crippen molar-refractivity contribution in [2.45, 2.75) is 19.1 Å². The van der Waals surface area contributed by atoms with Gasteiger partial charge in [0.1, 0.15) is 12.6 Å². The number of imidazole rings is 1. The summed E-state index contributed by atoms with van der Waals surface area (Å²) in [5, 5.41) is 8.91. The van der Waals surface area contributed by atoms with Crippen LogP contribution in [0.1, 0.15) is 16.8 Å². The number of aromatic nitrogens is 3. The predicted octanol–water partition coefficient (Wildman–Crippen LogP) is 4.03. The monoisotopic (exact) mass is 480 g/mol. The van der Waals surface area contributed by atoms with Crippen molar-refractivity contribution in [2.75, 3.05) is 0 Å². The van der Waals surface area contributed by atoms with Gasteiger partial charge in [-0.15, -0.1) is 0 Å². The lowest BCUT2D eigenvalue weighted by Gasteiger charge is -2.16. The molecule has 0 aliphatic rings. The molecule has 180 valence electrons. The van der Waals surface area contributed by atoms with Crippen molar-refractivity contribution in [1.29, 1.82) is 0 Å². The lowest BCUT2D eigenvalue weighted by molar-refractivity contribution is -0.123. The molecule has 9 heteroatoms. The number of H-pyrrole nitrogens is 2. The van der Waals surface area contributed by atoms with E-state index in [1.54, 1.807) is 12.4 Å². The molecule has 0 aliphatic carbocycles. The Balaban J connectivity index is 1.24. The summed E-state index contributed by atoms with van der Waals surface area (Å²) < 4.78 is 5.27. The second kappa shape index (κ2) is 10.6. The van der Waals surface area contributed by atoms with Crippen LogP contribution in [0.4, 0.5) is 4.79 Å². The Morgan fingerprint density at radius 2 is 1.81 bits per heavy atom. The van der Waals surface area contributed by atoms with Crippen LogP contribution >= 0.6 is 0 Å². The third-order valence-corrected chi connectivity index (χ3v) is 5.72. The minimum Gasteiger partial charge on any atom is -0.445 e. The Kier molecular flexibility index (Phi) is 6.70. The summed E-state index contributed by atoms with van der Waals surface area (Å²) in [6, 6.07) is 22.3. The summed E-state index contributed by atoms with van der Waals surface area (Å²) in [6.07, 6.45) is 4.17. The molecule has 4 N–H and O–H groups in total. The highest BCUT2D eigenvalue weighted by Gasteiger charge is 2.22. The highest BCUT2D eigenvalue weighted by molar-refractivity contribution is 6.08. The Labute approximate surface area is 206 Å². The number of rotatable bonds is 8. The van der Waals surface area contributed by atoms with Gasteiger partial charge in [-0.25, -0.2) is 15.2 Å². The van der Waals surface area contributed by atoms with E-state index in [9.17, 15) is 9.59 Å². The standard InChI is InChI=1S/C27H24N6O3/c34-26(33-30-14-19-10-11-24-22(12-19)21-8-4-5-9-23(21)31-24)25(13-20-15-28-17-29-20)32-27(35)36-16-18-6-2-1-3-7-18/h1-12,14-15,17,25,31H,13,16H2,(H,28,29)(H,32,35)(H,33,34)/b30-14-/t25-/m0/s1. The Morgan fingerprint density at radius 1 is 1.00 bits per heavy atom. The van der Waals surface area contributed by atoms with Crippen LogP contribution in [0.5, 0.6) is 0 Å². The zero-order valence-corrected chi connectivity index (χ0v) is 19.3. The van der Waals surface area contributed by atoms with Gasteiger partial charge >= 0.3 is 6.09 Å². The van der Waals surface area contributed by atoms with E-state index < -0.39 is 18.0 Å².